The molecular weight excluding hydrogens is 434 g/mol. The van der Waals surface area contributed by atoms with Crippen LogP contribution >= 0.6 is 12.4 Å². The molecule has 0 saturated carbocycles. The van der Waals surface area contributed by atoms with Crippen molar-refractivity contribution in [3.63, 3.8) is 0 Å². The van der Waals surface area contributed by atoms with Gasteiger partial charge in [-0.3, -0.25) is 14.4 Å². The number of rotatable bonds is 10. The number of nitrogens with zero attached hydrogens (tertiary/aromatic N) is 4. The Labute approximate surface area is 191 Å². The first-order valence-corrected chi connectivity index (χ1v) is 10.3. The minimum atomic E-state index is -0.325. The third-order valence-electron chi connectivity index (χ3n) is 5.04. The molecule has 1 aromatic carbocycles. The number of imidazole rings is 1. The van der Waals surface area contributed by atoms with Crippen LogP contribution < -0.4 is 16.2 Å². The zero-order valence-corrected chi connectivity index (χ0v) is 18.9. The summed E-state index contributed by atoms with van der Waals surface area (Å²) >= 11 is 0. The first kappa shape index (κ1) is 25.0. The van der Waals surface area contributed by atoms with Gasteiger partial charge in [0, 0.05) is 26.1 Å². The lowest BCUT2D eigenvalue weighted by Gasteiger charge is -2.18. The molecule has 32 heavy (non-hydrogen) atoms. The number of para-hydroxylation sites is 1. The van der Waals surface area contributed by atoms with E-state index in [1.807, 2.05) is 0 Å². The lowest BCUT2D eigenvalue weighted by atomic mass is 10.1. The summed E-state index contributed by atoms with van der Waals surface area (Å²) in [5.74, 6) is -0.484. The van der Waals surface area contributed by atoms with E-state index in [-0.39, 0.29) is 41.7 Å². The fourth-order valence-corrected chi connectivity index (χ4v) is 3.24. The van der Waals surface area contributed by atoms with E-state index in [0.717, 1.165) is 19.6 Å². The topological polar surface area (TPSA) is 125 Å². The molecule has 2 amide bonds. The number of nitrogens with one attached hydrogen (secondary N) is 3. The number of carbonyl (C=O) groups excluding carboxylic acids is 2. The second kappa shape index (κ2) is 12.0. The van der Waals surface area contributed by atoms with Gasteiger partial charge in [0.25, 0.3) is 11.5 Å². The highest BCUT2D eigenvalue weighted by Gasteiger charge is 2.14. The molecule has 0 fully saturated rings. The Bertz CT molecular complexity index is 1110. The number of aromatic amines is 1. The molecule has 11 heteroatoms. The van der Waals surface area contributed by atoms with Crippen molar-refractivity contribution in [2.45, 2.75) is 26.8 Å². The molecule has 3 N–H and O–H groups in total. The van der Waals surface area contributed by atoms with E-state index >= 15 is 0 Å². The summed E-state index contributed by atoms with van der Waals surface area (Å²) in [4.78, 5) is 49.7. The van der Waals surface area contributed by atoms with Gasteiger partial charge in [-0.1, -0.05) is 26.0 Å². The van der Waals surface area contributed by atoms with E-state index in [9.17, 15) is 14.4 Å². The SMILES string of the molecule is CCN(CC)CCNC(=O)c1ccccc1NC(=O)CCn1cnc2c(=O)[nH]cnc21.Cl. The summed E-state index contributed by atoms with van der Waals surface area (Å²) in [5, 5.41) is 5.71. The van der Waals surface area contributed by atoms with Gasteiger partial charge in [-0.05, 0) is 25.2 Å². The summed E-state index contributed by atoms with van der Waals surface area (Å²) in [5.41, 5.74) is 1.20. The van der Waals surface area contributed by atoms with E-state index in [4.69, 9.17) is 0 Å². The lowest BCUT2D eigenvalue weighted by molar-refractivity contribution is -0.116. The highest BCUT2D eigenvalue weighted by molar-refractivity contribution is 6.03. The van der Waals surface area contributed by atoms with Crippen molar-refractivity contribution in [1.82, 2.24) is 29.7 Å². The lowest BCUT2D eigenvalue weighted by Crippen LogP contribution is -2.35. The van der Waals surface area contributed by atoms with E-state index in [2.05, 4.69) is 44.3 Å². The van der Waals surface area contributed by atoms with Crippen LogP contribution in [-0.4, -0.2) is 62.4 Å². The van der Waals surface area contributed by atoms with Gasteiger partial charge < -0.3 is 25.1 Å². The van der Waals surface area contributed by atoms with E-state index in [1.54, 1.807) is 28.8 Å². The van der Waals surface area contributed by atoms with Crippen LogP contribution in [0.2, 0.25) is 0 Å². The number of amides is 2. The molecule has 0 aliphatic heterocycles. The Hall–Kier alpha value is -3.24. The van der Waals surface area contributed by atoms with Crippen LogP contribution in [0.5, 0.6) is 0 Å². The smallest absolute Gasteiger partial charge is 0.278 e. The number of hydrogen-bond donors (Lipinski definition) is 3. The maximum atomic E-state index is 12.6. The number of benzene rings is 1. The van der Waals surface area contributed by atoms with Gasteiger partial charge in [-0.15, -0.1) is 12.4 Å². The quantitative estimate of drug-likeness (QED) is 0.421. The molecule has 0 radical (unpaired) electrons. The molecule has 0 spiro atoms. The van der Waals surface area contributed by atoms with Crippen molar-refractivity contribution >= 4 is 41.1 Å². The number of carbonyl (C=O) groups is 2. The van der Waals surface area contributed by atoms with Gasteiger partial charge in [0.15, 0.2) is 11.2 Å². The molecule has 2 heterocycles. The van der Waals surface area contributed by atoms with Crippen LogP contribution in [0, 0.1) is 0 Å². The highest BCUT2D eigenvalue weighted by Crippen LogP contribution is 2.15. The molecule has 3 rings (SSSR count). The Morgan fingerprint density at radius 1 is 1.16 bits per heavy atom. The predicted octanol–water partition coefficient (Wildman–Crippen LogP) is 1.64. The molecule has 0 aliphatic rings. The number of H-pyrrole nitrogens is 1. The monoisotopic (exact) mass is 461 g/mol. The Morgan fingerprint density at radius 3 is 2.66 bits per heavy atom. The minimum absolute atomic E-state index is 0. The molecule has 2 aromatic heterocycles. The predicted molar refractivity (Wildman–Crippen MR) is 125 cm³/mol. The molecule has 0 bridgehead atoms. The number of aromatic nitrogens is 4. The van der Waals surface area contributed by atoms with Crippen LogP contribution in [0.15, 0.2) is 41.7 Å². The molecule has 0 atom stereocenters. The Kier molecular flexibility index (Phi) is 9.36. The largest absolute Gasteiger partial charge is 0.351 e. The average molecular weight is 462 g/mol. The van der Waals surface area contributed by atoms with E-state index < -0.39 is 0 Å². The molecular formula is C21H28ClN7O3. The van der Waals surface area contributed by atoms with Gasteiger partial charge in [-0.2, -0.15) is 0 Å². The second-order valence-corrected chi connectivity index (χ2v) is 6.97. The number of fused-ring (bicyclic) bond motifs is 1. The third-order valence-corrected chi connectivity index (χ3v) is 5.04. The molecule has 0 saturated heterocycles. The van der Waals surface area contributed by atoms with Crippen molar-refractivity contribution in [1.29, 1.82) is 0 Å². The second-order valence-electron chi connectivity index (χ2n) is 6.97. The van der Waals surface area contributed by atoms with E-state index in [1.165, 1.54) is 12.7 Å². The summed E-state index contributed by atoms with van der Waals surface area (Å²) in [6, 6.07) is 6.91. The zero-order chi connectivity index (χ0) is 22.2. The Balaban J connectivity index is 0.00000363. The summed E-state index contributed by atoms with van der Waals surface area (Å²) in [6.07, 6.45) is 2.92. The van der Waals surface area contributed by atoms with Crippen LogP contribution in [-0.2, 0) is 11.3 Å². The fraction of sp³-hybridized carbons (Fsp3) is 0.381. The average Bonchev–Trinajstić information content (AvgIpc) is 3.20. The zero-order valence-electron chi connectivity index (χ0n) is 18.1. The summed E-state index contributed by atoms with van der Waals surface area (Å²) in [6.45, 7) is 7.61. The van der Waals surface area contributed by atoms with Crippen LogP contribution in [0.1, 0.15) is 30.6 Å². The highest BCUT2D eigenvalue weighted by atomic mass is 35.5. The molecule has 0 unspecified atom stereocenters. The van der Waals surface area contributed by atoms with E-state index in [0.29, 0.717) is 30.0 Å². The Morgan fingerprint density at radius 2 is 1.91 bits per heavy atom. The molecule has 10 nitrogen and oxygen atoms in total. The summed E-state index contributed by atoms with van der Waals surface area (Å²) < 4.78 is 1.65. The third kappa shape index (κ3) is 6.14. The number of aryl methyl sites for hydroxylation is 1. The standard InChI is InChI=1S/C21H27N7O3.ClH/c1-3-27(4-2)12-10-22-20(30)15-7-5-6-8-16(15)26-17(29)9-11-28-14-25-18-19(28)23-13-24-21(18)31;/h5-8,13-14H,3-4,9-12H2,1-2H3,(H,22,30)(H,26,29)(H,23,24,31);1H. The van der Waals surface area contributed by atoms with Crippen LogP contribution in [0.25, 0.3) is 11.2 Å². The van der Waals surface area contributed by atoms with Crippen LogP contribution in [0.4, 0.5) is 5.69 Å². The fourth-order valence-electron chi connectivity index (χ4n) is 3.24. The number of anilines is 1. The molecule has 0 aliphatic carbocycles. The van der Waals surface area contributed by atoms with Crippen molar-refractivity contribution in [2.24, 2.45) is 0 Å². The van der Waals surface area contributed by atoms with Crippen molar-refractivity contribution in [2.75, 3.05) is 31.5 Å². The first-order chi connectivity index (χ1) is 15.0. The van der Waals surface area contributed by atoms with Gasteiger partial charge >= 0.3 is 0 Å². The van der Waals surface area contributed by atoms with Gasteiger partial charge in [-0.25, -0.2) is 9.97 Å². The summed E-state index contributed by atoms with van der Waals surface area (Å²) in [7, 11) is 0. The van der Waals surface area contributed by atoms with Gasteiger partial charge in [0.05, 0.1) is 23.9 Å². The maximum absolute atomic E-state index is 12.6. The van der Waals surface area contributed by atoms with Gasteiger partial charge in [0.1, 0.15) is 0 Å². The molecule has 3 aromatic rings. The minimum Gasteiger partial charge on any atom is -0.351 e. The van der Waals surface area contributed by atoms with Crippen molar-refractivity contribution in [3.8, 4) is 0 Å². The van der Waals surface area contributed by atoms with Crippen molar-refractivity contribution < 1.29 is 9.59 Å². The van der Waals surface area contributed by atoms with Crippen molar-refractivity contribution in [3.05, 3.63) is 52.8 Å². The normalized spacial score (nSPS) is 10.7. The number of hydrogen-bond acceptors (Lipinski definition) is 6. The van der Waals surface area contributed by atoms with Gasteiger partial charge in [0.2, 0.25) is 5.91 Å². The number of halogens is 1. The first-order valence-electron chi connectivity index (χ1n) is 10.3. The van der Waals surface area contributed by atoms with Crippen LogP contribution in [0.3, 0.4) is 0 Å². The molecule has 172 valence electrons. The maximum Gasteiger partial charge on any atom is 0.278 e. The number of likely N-dealkylation sites (N-methyl/N-ethyl adjacent to an activating group) is 1.